The molecule has 0 saturated carbocycles. The van der Waals surface area contributed by atoms with Gasteiger partial charge in [-0.15, -0.1) is 0 Å². The molecule has 0 aliphatic rings. The van der Waals surface area contributed by atoms with Crippen molar-refractivity contribution in [2.45, 2.75) is 32.1 Å². The average molecular weight is 129 g/mol. The van der Waals surface area contributed by atoms with E-state index in [1.54, 1.807) is 0 Å². The first kappa shape index (κ1) is 8.63. The Morgan fingerprint density at radius 3 is 2.33 bits per heavy atom. The van der Waals surface area contributed by atoms with E-state index in [1.165, 1.54) is 6.42 Å². The van der Waals surface area contributed by atoms with Gasteiger partial charge in [-0.05, 0) is 19.4 Å². The van der Waals surface area contributed by atoms with E-state index in [9.17, 15) is 4.79 Å². The highest BCUT2D eigenvalue weighted by molar-refractivity contribution is 5.48. The second-order valence-electron chi connectivity index (χ2n) is 2.16. The first-order valence-corrected chi connectivity index (χ1v) is 3.55. The van der Waals surface area contributed by atoms with Crippen LogP contribution in [0.4, 0.5) is 0 Å². The molecular formula is C7H15NO. The number of unbranched alkanes of at least 4 members (excludes halogenated alkanes) is 4. The van der Waals surface area contributed by atoms with Crippen LogP contribution in [0.2, 0.25) is 0 Å². The molecule has 0 amide bonds. The summed E-state index contributed by atoms with van der Waals surface area (Å²) >= 11 is 0. The van der Waals surface area contributed by atoms with Crippen LogP contribution in [0.25, 0.3) is 0 Å². The second-order valence-corrected chi connectivity index (χ2v) is 2.16. The van der Waals surface area contributed by atoms with E-state index in [4.69, 9.17) is 5.73 Å². The molecule has 0 aliphatic carbocycles. The van der Waals surface area contributed by atoms with E-state index < -0.39 is 0 Å². The number of rotatable bonds is 6. The molecule has 2 N–H and O–H groups in total. The Morgan fingerprint density at radius 2 is 1.78 bits per heavy atom. The van der Waals surface area contributed by atoms with Gasteiger partial charge in [0.1, 0.15) is 6.29 Å². The number of carbonyl (C=O) groups excluding carboxylic acids is 1. The van der Waals surface area contributed by atoms with Crippen molar-refractivity contribution in [1.82, 2.24) is 0 Å². The Hall–Kier alpha value is -0.370. The van der Waals surface area contributed by atoms with Crippen molar-refractivity contribution < 1.29 is 4.79 Å². The molecule has 54 valence electrons. The molecule has 0 atom stereocenters. The maximum absolute atomic E-state index is 9.81. The van der Waals surface area contributed by atoms with E-state index in [-0.39, 0.29) is 0 Å². The van der Waals surface area contributed by atoms with Crippen molar-refractivity contribution in [3.05, 3.63) is 0 Å². The zero-order valence-corrected chi connectivity index (χ0v) is 5.81. The molecule has 0 rings (SSSR count). The zero-order valence-electron chi connectivity index (χ0n) is 5.81. The van der Waals surface area contributed by atoms with Crippen LogP contribution in [-0.2, 0) is 4.79 Å². The van der Waals surface area contributed by atoms with Gasteiger partial charge in [-0.25, -0.2) is 0 Å². The summed E-state index contributed by atoms with van der Waals surface area (Å²) in [5, 5.41) is 0. The topological polar surface area (TPSA) is 43.1 Å². The summed E-state index contributed by atoms with van der Waals surface area (Å²) in [6, 6.07) is 0. The summed E-state index contributed by atoms with van der Waals surface area (Å²) in [6.45, 7) is 0.779. The van der Waals surface area contributed by atoms with Crippen LogP contribution < -0.4 is 5.73 Å². The van der Waals surface area contributed by atoms with Crippen molar-refractivity contribution in [2.75, 3.05) is 6.54 Å². The molecule has 0 aromatic carbocycles. The summed E-state index contributed by atoms with van der Waals surface area (Å²) in [5.41, 5.74) is 5.27. The monoisotopic (exact) mass is 129 g/mol. The molecule has 2 heteroatoms. The molecule has 0 aliphatic heterocycles. The number of nitrogens with two attached hydrogens (primary N) is 1. The van der Waals surface area contributed by atoms with Crippen molar-refractivity contribution >= 4 is 6.29 Å². The van der Waals surface area contributed by atoms with Gasteiger partial charge in [0.05, 0.1) is 0 Å². The van der Waals surface area contributed by atoms with Gasteiger partial charge in [0, 0.05) is 6.42 Å². The lowest BCUT2D eigenvalue weighted by molar-refractivity contribution is -0.107. The number of carbonyl (C=O) groups is 1. The van der Waals surface area contributed by atoms with Gasteiger partial charge < -0.3 is 10.5 Å². The van der Waals surface area contributed by atoms with Gasteiger partial charge in [0.25, 0.3) is 0 Å². The van der Waals surface area contributed by atoms with Crippen molar-refractivity contribution in [3.8, 4) is 0 Å². The van der Waals surface area contributed by atoms with Crippen molar-refractivity contribution in [2.24, 2.45) is 5.73 Å². The molecule has 0 fully saturated rings. The fourth-order valence-electron chi connectivity index (χ4n) is 0.726. The van der Waals surface area contributed by atoms with Crippen LogP contribution in [0.1, 0.15) is 32.1 Å². The molecule has 0 aromatic rings. The Labute approximate surface area is 56.4 Å². The molecule has 0 spiro atoms. The SMILES string of the molecule is NCCCCCCC=O. The van der Waals surface area contributed by atoms with E-state index in [0.717, 1.165) is 32.1 Å². The summed E-state index contributed by atoms with van der Waals surface area (Å²) in [5.74, 6) is 0. The molecular weight excluding hydrogens is 114 g/mol. The minimum Gasteiger partial charge on any atom is -0.330 e. The Morgan fingerprint density at radius 1 is 1.11 bits per heavy atom. The lowest BCUT2D eigenvalue weighted by Crippen LogP contribution is -1.97. The minimum absolute atomic E-state index is 0.713. The highest BCUT2D eigenvalue weighted by Crippen LogP contribution is 1.99. The molecule has 0 heterocycles. The molecule has 0 bridgehead atoms. The van der Waals surface area contributed by atoms with Crippen LogP contribution in [0, 0.1) is 0 Å². The Balaban J connectivity index is 2.66. The molecule has 2 nitrogen and oxygen atoms in total. The Bertz CT molecular complexity index is 63.9. The van der Waals surface area contributed by atoms with Gasteiger partial charge in [0.15, 0.2) is 0 Å². The highest BCUT2D eigenvalue weighted by atomic mass is 16.1. The van der Waals surface area contributed by atoms with Crippen LogP contribution in [0.5, 0.6) is 0 Å². The Kier molecular flexibility index (Phi) is 7.32. The van der Waals surface area contributed by atoms with Gasteiger partial charge in [-0.1, -0.05) is 12.8 Å². The van der Waals surface area contributed by atoms with Gasteiger partial charge in [-0.3, -0.25) is 0 Å². The summed E-state index contributed by atoms with van der Waals surface area (Å²) in [7, 11) is 0. The van der Waals surface area contributed by atoms with Crippen LogP contribution in [0.3, 0.4) is 0 Å². The van der Waals surface area contributed by atoms with Gasteiger partial charge in [-0.2, -0.15) is 0 Å². The van der Waals surface area contributed by atoms with E-state index in [1.807, 2.05) is 0 Å². The van der Waals surface area contributed by atoms with Gasteiger partial charge in [0.2, 0.25) is 0 Å². The number of hydrogen-bond acceptors (Lipinski definition) is 2. The smallest absolute Gasteiger partial charge is 0.119 e. The third-order valence-electron chi connectivity index (χ3n) is 1.28. The summed E-state index contributed by atoms with van der Waals surface area (Å²) in [6.07, 6.45) is 6.13. The molecule has 0 aromatic heterocycles. The predicted octanol–water partition coefficient (Wildman–Crippen LogP) is 1.09. The quantitative estimate of drug-likeness (QED) is 0.431. The first-order chi connectivity index (χ1) is 4.41. The zero-order chi connectivity index (χ0) is 6.95. The molecule has 9 heavy (non-hydrogen) atoms. The fraction of sp³-hybridized carbons (Fsp3) is 0.857. The standard InChI is InChI=1S/C7H15NO/c8-6-4-2-1-3-5-7-9/h7H,1-6,8H2. The van der Waals surface area contributed by atoms with Crippen LogP contribution in [0.15, 0.2) is 0 Å². The average Bonchev–Trinajstić information content (AvgIpc) is 1.89. The maximum atomic E-state index is 9.81. The normalized spacial score (nSPS) is 9.44. The minimum atomic E-state index is 0.713. The molecule has 0 saturated heterocycles. The largest absolute Gasteiger partial charge is 0.330 e. The van der Waals surface area contributed by atoms with Crippen LogP contribution >= 0.6 is 0 Å². The third-order valence-corrected chi connectivity index (χ3v) is 1.28. The van der Waals surface area contributed by atoms with E-state index >= 15 is 0 Å². The molecule has 0 radical (unpaired) electrons. The summed E-state index contributed by atoms with van der Waals surface area (Å²) in [4.78, 5) is 9.81. The van der Waals surface area contributed by atoms with E-state index in [0.29, 0.717) is 6.42 Å². The second kappa shape index (κ2) is 7.63. The van der Waals surface area contributed by atoms with E-state index in [2.05, 4.69) is 0 Å². The maximum Gasteiger partial charge on any atom is 0.119 e. The lowest BCUT2D eigenvalue weighted by Gasteiger charge is -1.93. The van der Waals surface area contributed by atoms with Crippen molar-refractivity contribution in [3.63, 3.8) is 0 Å². The van der Waals surface area contributed by atoms with Crippen LogP contribution in [-0.4, -0.2) is 12.8 Å². The first-order valence-electron chi connectivity index (χ1n) is 3.55. The third kappa shape index (κ3) is 7.63. The summed E-state index contributed by atoms with van der Waals surface area (Å²) < 4.78 is 0. The number of aldehydes is 1. The molecule has 0 unspecified atom stereocenters. The fourth-order valence-corrected chi connectivity index (χ4v) is 0.726. The highest BCUT2D eigenvalue weighted by Gasteiger charge is 1.85. The predicted molar refractivity (Wildman–Crippen MR) is 38.2 cm³/mol. The number of hydrogen-bond donors (Lipinski definition) is 1. The van der Waals surface area contributed by atoms with Gasteiger partial charge >= 0.3 is 0 Å². The van der Waals surface area contributed by atoms with Crippen molar-refractivity contribution in [1.29, 1.82) is 0 Å². The lowest BCUT2D eigenvalue weighted by atomic mass is 10.1.